The lowest BCUT2D eigenvalue weighted by Crippen LogP contribution is -2.43. The third-order valence-electron chi connectivity index (χ3n) is 4.89. The standard InChI is InChI=1S/C17H20Cl2N2O3/c18-13-7-12(15(22)8-14(13)19)16(23)10-2-5-21(6-3-10)17(24)11-1-4-20-9-11/h7-8,10-11,20,22H,1-6,9H2/t11-/m1/s1. The predicted octanol–water partition coefficient (Wildman–Crippen LogP) is 2.73. The maximum Gasteiger partial charge on any atom is 0.227 e. The van der Waals surface area contributed by atoms with Gasteiger partial charge in [-0.2, -0.15) is 0 Å². The first-order valence-corrected chi connectivity index (χ1v) is 8.94. The molecule has 2 aliphatic heterocycles. The number of Topliss-reactive ketones (excluding diaryl/α,β-unsaturated/α-hetero) is 1. The summed E-state index contributed by atoms with van der Waals surface area (Å²) in [7, 11) is 0. The fourth-order valence-corrected chi connectivity index (χ4v) is 3.76. The number of piperidine rings is 1. The number of phenolic OH excluding ortho intramolecular Hbond substituents is 1. The van der Waals surface area contributed by atoms with Gasteiger partial charge in [-0.3, -0.25) is 9.59 Å². The normalized spacial score (nSPS) is 21.9. The Morgan fingerprint density at radius 2 is 1.75 bits per heavy atom. The van der Waals surface area contributed by atoms with E-state index in [1.54, 1.807) is 0 Å². The maximum atomic E-state index is 12.6. The van der Waals surface area contributed by atoms with E-state index in [1.807, 2.05) is 4.90 Å². The number of ketones is 1. The number of amides is 1. The van der Waals surface area contributed by atoms with Gasteiger partial charge in [0, 0.05) is 31.6 Å². The second kappa shape index (κ2) is 7.30. The lowest BCUT2D eigenvalue weighted by Gasteiger charge is -2.33. The Balaban J connectivity index is 1.63. The quantitative estimate of drug-likeness (QED) is 0.802. The van der Waals surface area contributed by atoms with Crippen LogP contribution in [0.5, 0.6) is 5.75 Å². The van der Waals surface area contributed by atoms with Crippen LogP contribution in [0.1, 0.15) is 29.6 Å². The summed E-state index contributed by atoms with van der Waals surface area (Å²) in [5.74, 6) is -0.246. The van der Waals surface area contributed by atoms with Crippen molar-refractivity contribution in [2.45, 2.75) is 19.3 Å². The van der Waals surface area contributed by atoms with Crippen LogP contribution in [0, 0.1) is 11.8 Å². The Morgan fingerprint density at radius 3 is 2.38 bits per heavy atom. The summed E-state index contributed by atoms with van der Waals surface area (Å²) in [5.41, 5.74) is 0.203. The number of hydrogen-bond donors (Lipinski definition) is 2. The minimum atomic E-state index is -0.209. The summed E-state index contributed by atoms with van der Waals surface area (Å²) in [6, 6.07) is 2.71. The molecule has 0 aliphatic carbocycles. The highest BCUT2D eigenvalue weighted by Gasteiger charge is 2.33. The molecule has 24 heavy (non-hydrogen) atoms. The van der Waals surface area contributed by atoms with Crippen molar-refractivity contribution >= 4 is 34.9 Å². The molecule has 5 nitrogen and oxygen atoms in total. The highest BCUT2D eigenvalue weighted by molar-refractivity contribution is 6.42. The highest BCUT2D eigenvalue weighted by Crippen LogP contribution is 2.33. The fourth-order valence-electron chi connectivity index (χ4n) is 3.44. The number of likely N-dealkylation sites (tertiary alicyclic amines) is 1. The van der Waals surface area contributed by atoms with Gasteiger partial charge in [-0.15, -0.1) is 0 Å². The van der Waals surface area contributed by atoms with Gasteiger partial charge in [-0.05, 0) is 31.9 Å². The molecule has 2 aliphatic rings. The van der Waals surface area contributed by atoms with Gasteiger partial charge in [0.05, 0.1) is 21.5 Å². The van der Waals surface area contributed by atoms with Crippen LogP contribution in [0.2, 0.25) is 10.0 Å². The van der Waals surface area contributed by atoms with E-state index >= 15 is 0 Å². The minimum absolute atomic E-state index is 0.0661. The Labute approximate surface area is 150 Å². The molecular weight excluding hydrogens is 351 g/mol. The molecule has 1 aromatic carbocycles. The molecule has 0 saturated carbocycles. The molecule has 1 atom stereocenters. The van der Waals surface area contributed by atoms with Crippen molar-refractivity contribution in [2.24, 2.45) is 11.8 Å². The molecule has 7 heteroatoms. The van der Waals surface area contributed by atoms with Crippen molar-refractivity contribution in [3.05, 3.63) is 27.7 Å². The third kappa shape index (κ3) is 3.53. The lowest BCUT2D eigenvalue weighted by atomic mass is 9.88. The maximum absolute atomic E-state index is 12.6. The topological polar surface area (TPSA) is 69.6 Å². The van der Waals surface area contributed by atoms with E-state index in [2.05, 4.69) is 5.32 Å². The summed E-state index contributed by atoms with van der Waals surface area (Å²) >= 11 is 11.8. The number of rotatable bonds is 3. The van der Waals surface area contributed by atoms with Crippen molar-refractivity contribution in [1.82, 2.24) is 10.2 Å². The zero-order valence-corrected chi connectivity index (χ0v) is 14.7. The predicted molar refractivity (Wildman–Crippen MR) is 92.7 cm³/mol. The van der Waals surface area contributed by atoms with Crippen LogP contribution >= 0.6 is 23.2 Å². The number of carbonyl (C=O) groups is 2. The van der Waals surface area contributed by atoms with Gasteiger partial charge >= 0.3 is 0 Å². The summed E-state index contributed by atoms with van der Waals surface area (Å²) in [4.78, 5) is 26.9. The van der Waals surface area contributed by atoms with Gasteiger partial charge in [0.1, 0.15) is 5.75 Å². The summed E-state index contributed by atoms with van der Waals surface area (Å²) in [6.45, 7) is 2.79. The average Bonchev–Trinajstić information content (AvgIpc) is 3.11. The molecule has 2 saturated heterocycles. The Bertz CT molecular complexity index is 651. The van der Waals surface area contributed by atoms with Gasteiger partial charge in [0.25, 0.3) is 0 Å². The number of halogens is 2. The van der Waals surface area contributed by atoms with E-state index in [-0.39, 0.29) is 44.9 Å². The van der Waals surface area contributed by atoms with Crippen molar-refractivity contribution in [3.8, 4) is 5.75 Å². The van der Waals surface area contributed by atoms with Crippen molar-refractivity contribution in [2.75, 3.05) is 26.2 Å². The Morgan fingerprint density at radius 1 is 1.08 bits per heavy atom. The van der Waals surface area contributed by atoms with E-state index in [0.717, 1.165) is 19.5 Å². The largest absolute Gasteiger partial charge is 0.507 e. The number of phenols is 1. The molecule has 2 fully saturated rings. The number of nitrogens with zero attached hydrogens (tertiary/aromatic N) is 1. The van der Waals surface area contributed by atoms with Crippen molar-refractivity contribution < 1.29 is 14.7 Å². The van der Waals surface area contributed by atoms with E-state index in [1.165, 1.54) is 12.1 Å². The highest BCUT2D eigenvalue weighted by atomic mass is 35.5. The second-order valence-corrected chi connectivity index (χ2v) is 7.25. The summed E-state index contributed by atoms with van der Waals surface area (Å²) in [5, 5.41) is 13.6. The number of hydrogen-bond acceptors (Lipinski definition) is 4. The van der Waals surface area contributed by atoms with Gasteiger partial charge in [0.15, 0.2) is 5.78 Å². The van der Waals surface area contributed by atoms with E-state index < -0.39 is 0 Å². The van der Waals surface area contributed by atoms with Crippen LogP contribution in [0.15, 0.2) is 12.1 Å². The first-order chi connectivity index (χ1) is 11.5. The average molecular weight is 371 g/mol. The molecule has 0 spiro atoms. The van der Waals surface area contributed by atoms with E-state index in [9.17, 15) is 14.7 Å². The SMILES string of the molecule is O=C(c1cc(Cl)c(Cl)cc1O)C1CCN(C(=O)[C@@H]2CCNC2)CC1. The number of benzene rings is 1. The van der Waals surface area contributed by atoms with E-state index in [4.69, 9.17) is 23.2 Å². The molecule has 0 radical (unpaired) electrons. The van der Waals surface area contributed by atoms with Crippen LogP contribution in [0.25, 0.3) is 0 Å². The monoisotopic (exact) mass is 370 g/mol. The Hall–Kier alpha value is -1.30. The molecule has 0 unspecified atom stereocenters. The van der Waals surface area contributed by atoms with Crippen LogP contribution in [-0.4, -0.2) is 47.9 Å². The molecular formula is C17H20Cl2N2O3. The zero-order chi connectivity index (χ0) is 17.3. The van der Waals surface area contributed by atoms with Gasteiger partial charge in [0.2, 0.25) is 5.91 Å². The number of nitrogens with one attached hydrogen (secondary N) is 1. The van der Waals surface area contributed by atoms with E-state index in [0.29, 0.717) is 25.9 Å². The second-order valence-electron chi connectivity index (χ2n) is 6.44. The van der Waals surface area contributed by atoms with Gasteiger partial charge < -0.3 is 15.3 Å². The smallest absolute Gasteiger partial charge is 0.227 e. The first-order valence-electron chi connectivity index (χ1n) is 8.19. The Kier molecular flexibility index (Phi) is 5.33. The summed E-state index contributed by atoms with van der Waals surface area (Å²) < 4.78 is 0. The molecule has 0 aromatic heterocycles. The molecule has 2 heterocycles. The molecule has 2 N–H and O–H groups in total. The van der Waals surface area contributed by atoms with Crippen LogP contribution in [-0.2, 0) is 4.79 Å². The van der Waals surface area contributed by atoms with Gasteiger partial charge in [-0.25, -0.2) is 0 Å². The molecule has 1 aromatic rings. The van der Waals surface area contributed by atoms with Crippen molar-refractivity contribution in [3.63, 3.8) is 0 Å². The third-order valence-corrected chi connectivity index (χ3v) is 5.61. The summed E-state index contributed by atoms with van der Waals surface area (Å²) in [6.07, 6.45) is 2.09. The molecule has 1 amide bonds. The van der Waals surface area contributed by atoms with Gasteiger partial charge in [-0.1, -0.05) is 23.2 Å². The lowest BCUT2D eigenvalue weighted by molar-refractivity contribution is -0.136. The van der Waals surface area contributed by atoms with Crippen LogP contribution < -0.4 is 5.32 Å². The number of aromatic hydroxyl groups is 1. The number of carbonyl (C=O) groups excluding carboxylic acids is 2. The van der Waals surface area contributed by atoms with Crippen molar-refractivity contribution in [1.29, 1.82) is 0 Å². The first kappa shape index (κ1) is 17.5. The van der Waals surface area contributed by atoms with Crippen LogP contribution in [0.3, 0.4) is 0 Å². The zero-order valence-electron chi connectivity index (χ0n) is 13.2. The minimum Gasteiger partial charge on any atom is -0.507 e. The molecule has 3 rings (SSSR count). The molecule has 0 bridgehead atoms. The van der Waals surface area contributed by atoms with Crippen LogP contribution in [0.4, 0.5) is 0 Å². The molecule has 130 valence electrons. The fraction of sp³-hybridized carbons (Fsp3) is 0.529.